The van der Waals surface area contributed by atoms with Gasteiger partial charge in [0.1, 0.15) is 21.9 Å². The van der Waals surface area contributed by atoms with E-state index in [1.165, 1.54) is 18.2 Å². The highest BCUT2D eigenvalue weighted by Gasteiger charge is 2.21. The first-order valence-electron chi connectivity index (χ1n) is 7.93. The summed E-state index contributed by atoms with van der Waals surface area (Å²) in [7, 11) is -2.41. The highest BCUT2D eigenvalue weighted by Crippen LogP contribution is 2.28. The van der Waals surface area contributed by atoms with Gasteiger partial charge in [0.2, 0.25) is 9.84 Å². The van der Waals surface area contributed by atoms with Gasteiger partial charge in [0.25, 0.3) is 0 Å². The zero-order valence-corrected chi connectivity index (χ0v) is 16.2. The van der Waals surface area contributed by atoms with Gasteiger partial charge in [-0.15, -0.1) is 0 Å². The van der Waals surface area contributed by atoms with Crippen LogP contribution in [0.1, 0.15) is 11.1 Å². The van der Waals surface area contributed by atoms with Crippen LogP contribution in [0.2, 0.25) is 5.15 Å². The van der Waals surface area contributed by atoms with E-state index in [-0.39, 0.29) is 10.0 Å². The number of hydrogen-bond donors (Lipinski definition) is 0. The predicted molar refractivity (Wildman–Crippen MR) is 105 cm³/mol. The molecule has 136 valence electrons. The van der Waals surface area contributed by atoms with Crippen LogP contribution < -0.4 is 4.74 Å². The topological polar surface area (TPSA) is 80.0 Å². The summed E-state index contributed by atoms with van der Waals surface area (Å²) in [5.41, 5.74) is 1.90. The molecule has 0 N–H and O–H groups in total. The Bertz CT molecular complexity index is 1190. The second kappa shape index (κ2) is 7.39. The highest BCUT2D eigenvalue weighted by molar-refractivity contribution is 7.95. The van der Waals surface area contributed by atoms with Crippen molar-refractivity contribution in [2.45, 2.75) is 11.8 Å². The molecule has 0 amide bonds. The van der Waals surface area contributed by atoms with Crippen molar-refractivity contribution in [2.75, 3.05) is 7.11 Å². The summed E-state index contributed by atoms with van der Waals surface area (Å²) in [5.74, 6) is 0.634. The Balaban J connectivity index is 2.14. The van der Waals surface area contributed by atoms with E-state index >= 15 is 0 Å². The van der Waals surface area contributed by atoms with Crippen LogP contribution in [0.5, 0.6) is 5.75 Å². The van der Waals surface area contributed by atoms with E-state index < -0.39 is 14.7 Å². The molecule has 0 aliphatic carbocycles. The first-order chi connectivity index (χ1) is 12.8. The maximum atomic E-state index is 12.8. The van der Waals surface area contributed by atoms with Gasteiger partial charge in [-0.3, -0.25) is 0 Å². The lowest BCUT2D eigenvalue weighted by Crippen LogP contribution is -2.03. The third kappa shape index (κ3) is 3.80. The molecule has 3 aromatic rings. The molecule has 0 spiro atoms. The van der Waals surface area contributed by atoms with Gasteiger partial charge in [0, 0.05) is 10.9 Å². The quantitative estimate of drug-likeness (QED) is 0.476. The monoisotopic (exact) mass is 398 g/mol. The molecule has 0 radical (unpaired) electrons. The summed E-state index contributed by atoms with van der Waals surface area (Å²) in [6, 6.07) is 15.0. The number of ether oxygens (including phenoxy) is 1. The number of rotatable bonds is 4. The van der Waals surface area contributed by atoms with Gasteiger partial charge in [-0.2, -0.15) is 5.26 Å². The normalized spacial score (nSPS) is 12.0. The van der Waals surface area contributed by atoms with Crippen LogP contribution in [0.3, 0.4) is 0 Å². The van der Waals surface area contributed by atoms with Gasteiger partial charge in [0.05, 0.1) is 17.5 Å². The van der Waals surface area contributed by atoms with Crippen LogP contribution >= 0.6 is 11.6 Å². The minimum atomic E-state index is -3.96. The number of pyridine rings is 1. The van der Waals surface area contributed by atoms with E-state index in [1.807, 2.05) is 6.92 Å². The summed E-state index contributed by atoms with van der Waals surface area (Å²) < 4.78 is 30.8. The molecule has 2 aromatic carbocycles. The maximum Gasteiger partial charge on any atom is 0.216 e. The van der Waals surface area contributed by atoms with Gasteiger partial charge in [0.15, 0.2) is 0 Å². The molecule has 1 aromatic heterocycles. The lowest BCUT2D eigenvalue weighted by Gasteiger charge is -2.07. The van der Waals surface area contributed by atoms with E-state index in [2.05, 4.69) is 4.98 Å². The Labute approximate surface area is 162 Å². The molecule has 5 nitrogen and oxygen atoms in total. The molecule has 0 aliphatic heterocycles. The van der Waals surface area contributed by atoms with E-state index in [9.17, 15) is 13.7 Å². The number of methoxy groups -OCH3 is 1. The first kappa shape index (κ1) is 18.9. The van der Waals surface area contributed by atoms with Gasteiger partial charge >= 0.3 is 0 Å². The second-order valence-corrected chi connectivity index (χ2v) is 8.14. The highest BCUT2D eigenvalue weighted by atomic mass is 35.5. The number of aryl methyl sites for hydroxylation is 1. The summed E-state index contributed by atoms with van der Waals surface area (Å²) in [4.78, 5) is 3.91. The first-order valence-corrected chi connectivity index (χ1v) is 9.79. The molecule has 0 atom stereocenters. The van der Waals surface area contributed by atoms with Gasteiger partial charge in [-0.05, 0) is 49.4 Å². The number of aromatic nitrogens is 1. The number of hydrogen-bond acceptors (Lipinski definition) is 5. The van der Waals surface area contributed by atoms with Gasteiger partial charge in [-0.1, -0.05) is 29.3 Å². The SMILES string of the molecule is COc1ccc2nc(Cl)c(/C=C(\C#N)S(=O)(=O)c3ccc(C)cc3)cc2c1. The van der Waals surface area contributed by atoms with Gasteiger partial charge < -0.3 is 4.74 Å². The van der Waals surface area contributed by atoms with Crippen molar-refractivity contribution < 1.29 is 13.2 Å². The van der Waals surface area contributed by atoms with Crippen molar-refractivity contribution in [1.29, 1.82) is 5.26 Å². The fraction of sp³-hybridized carbons (Fsp3) is 0.100. The maximum absolute atomic E-state index is 12.8. The van der Waals surface area contributed by atoms with E-state index in [0.29, 0.717) is 16.8 Å². The van der Waals surface area contributed by atoms with Crippen molar-refractivity contribution in [3.8, 4) is 11.8 Å². The number of halogens is 1. The average Bonchev–Trinajstić information content (AvgIpc) is 2.66. The Morgan fingerprint density at radius 3 is 2.52 bits per heavy atom. The molecule has 7 heteroatoms. The molecule has 1 heterocycles. The van der Waals surface area contributed by atoms with Crippen LogP contribution in [0, 0.1) is 18.3 Å². The number of sulfone groups is 1. The smallest absolute Gasteiger partial charge is 0.216 e. The molecular weight excluding hydrogens is 384 g/mol. The minimum Gasteiger partial charge on any atom is -0.497 e. The molecule has 0 fully saturated rings. The number of benzene rings is 2. The largest absolute Gasteiger partial charge is 0.497 e. The van der Waals surface area contributed by atoms with E-state index in [0.717, 1.165) is 10.9 Å². The molecule has 0 unspecified atom stereocenters. The molecule has 0 bridgehead atoms. The zero-order valence-electron chi connectivity index (χ0n) is 14.6. The third-order valence-corrected chi connectivity index (χ3v) is 6.00. The fourth-order valence-electron chi connectivity index (χ4n) is 2.53. The van der Waals surface area contributed by atoms with Crippen molar-refractivity contribution in [2.24, 2.45) is 0 Å². The number of nitrogens with zero attached hydrogens (tertiary/aromatic N) is 2. The van der Waals surface area contributed by atoms with Crippen molar-refractivity contribution in [1.82, 2.24) is 4.98 Å². The molecular formula is C20H15ClN2O3S. The molecule has 0 saturated carbocycles. The van der Waals surface area contributed by atoms with Crippen LogP contribution in [0.25, 0.3) is 17.0 Å². The fourth-order valence-corrected chi connectivity index (χ4v) is 3.88. The summed E-state index contributed by atoms with van der Waals surface area (Å²) >= 11 is 6.20. The standard InChI is InChI=1S/C20H15ClN2O3S/c1-13-3-6-17(7-4-13)27(24,25)18(12-22)11-15-9-14-10-16(26-2)5-8-19(14)23-20(15)21/h3-11H,1-2H3/b18-11+. The predicted octanol–water partition coefficient (Wildman–Crippen LogP) is 4.54. The molecule has 0 aliphatic rings. The Hall–Kier alpha value is -2.88. The zero-order chi connectivity index (χ0) is 19.6. The summed E-state index contributed by atoms with van der Waals surface area (Å²) in [6.07, 6.45) is 1.24. The van der Waals surface area contributed by atoms with Crippen molar-refractivity contribution in [3.05, 3.63) is 69.7 Å². The number of nitriles is 1. The summed E-state index contributed by atoms with van der Waals surface area (Å²) in [5, 5.41) is 10.3. The lowest BCUT2D eigenvalue weighted by atomic mass is 10.1. The van der Waals surface area contributed by atoms with Crippen molar-refractivity contribution in [3.63, 3.8) is 0 Å². The van der Waals surface area contributed by atoms with E-state index in [1.54, 1.807) is 49.6 Å². The Morgan fingerprint density at radius 2 is 1.89 bits per heavy atom. The Kier molecular flexibility index (Phi) is 5.17. The third-order valence-electron chi connectivity index (χ3n) is 4.02. The Morgan fingerprint density at radius 1 is 1.19 bits per heavy atom. The van der Waals surface area contributed by atoms with E-state index in [4.69, 9.17) is 16.3 Å². The van der Waals surface area contributed by atoms with Crippen LogP contribution in [-0.4, -0.2) is 20.5 Å². The summed E-state index contributed by atoms with van der Waals surface area (Å²) in [6.45, 7) is 1.85. The van der Waals surface area contributed by atoms with Crippen molar-refractivity contribution >= 4 is 38.4 Å². The van der Waals surface area contributed by atoms with Crippen LogP contribution in [0.15, 0.2) is 58.3 Å². The average molecular weight is 399 g/mol. The van der Waals surface area contributed by atoms with Gasteiger partial charge in [-0.25, -0.2) is 13.4 Å². The molecule has 3 rings (SSSR count). The molecule has 0 saturated heterocycles. The van der Waals surface area contributed by atoms with Crippen LogP contribution in [0.4, 0.5) is 0 Å². The van der Waals surface area contributed by atoms with Crippen LogP contribution in [-0.2, 0) is 9.84 Å². The lowest BCUT2D eigenvalue weighted by molar-refractivity contribution is 0.415. The minimum absolute atomic E-state index is 0.0486. The number of fused-ring (bicyclic) bond motifs is 1. The molecule has 27 heavy (non-hydrogen) atoms. The second-order valence-electron chi connectivity index (χ2n) is 5.86. The number of allylic oxidation sites excluding steroid dienone is 1.